The van der Waals surface area contributed by atoms with Crippen molar-refractivity contribution in [1.82, 2.24) is 19.7 Å². The van der Waals surface area contributed by atoms with Crippen LogP contribution in [0.1, 0.15) is 38.2 Å². The van der Waals surface area contributed by atoms with Crippen molar-refractivity contribution in [1.29, 1.82) is 0 Å². The molecule has 2 aromatic rings. The van der Waals surface area contributed by atoms with Gasteiger partial charge in [-0.15, -0.1) is 0 Å². The maximum Gasteiger partial charge on any atom is 0.159 e. The van der Waals surface area contributed by atoms with Crippen LogP contribution in [0.15, 0.2) is 18.3 Å². The third-order valence-electron chi connectivity index (χ3n) is 2.77. The molecule has 5 heteroatoms. The minimum Gasteiger partial charge on any atom is -0.373 e. The normalized spacial score (nSPS) is 10.9. The van der Waals surface area contributed by atoms with Crippen LogP contribution in [0.2, 0.25) is 0 Å². The van der Waals surface area contributed by atoms with Crippen molar-refractivity contribution < 1.29 is 0 Å². The van der Waals surface area contributed by atoms with Crippen LogP contribution in [0.4, 0.5) is 5.82 Å². The first kappa shape index (κ1) is 12.5. The smallest absolute Gasteiger partial charge is 0.159 e. The first-order valence-electron chi connectivity index (χ1n) is 6.25. The first-order chi connectivity index (χ1) is 8.63. The lowest BCUT2D eigenvalue weighted by molar-refractivity contribution is 0.749. The minimum absolute atomic E-state index is 0.419. The Morgan fingerprint density at radius 3 is 2.67 bits per heavy atom. The van der Waals surface area contributed by atoms with Crippen LogP contribution < -0.4 is 5.32 Å². The molecule has 0 atom stereocenters. The van der Waals surface area contributed by atoms with E-state index in [-0.39, 0.29) is 0 Å². The van der Waals surface area contributed by atoms with Gasteiger partial charge in [0.05, 0.1) is 5.69 Å². The number of hydrogen-bond acceptors (Lipinski definition) is 4. The summed E-state index contributed by atoms with van der Waals surface area (Å²) in [7, 11) is 1.86. The van der Waals surface area contributed by atoms with E-state index < -0.39 is 0 Å². The van der Waals surface area contributed by atoms with Gasteiger partial charge in [-0.05, 0) is 12.0 Å². The molecule has 0 saturated heterocycles. The molecule has 0 aliphatic carbocycles. The third kappa shape index (κ3) is 2.50. The van der Waals surface area contributed by atoms with E-state index in [0.717, 1.165) is 29.6 Å². The Morgan fingerprint density at radius 2 is 2.11 bits per heavy atom. The molecule has 0 amide bonds. The molecule has 1 N–H and O–H groups in total. The lowest BCUT2D eigenvalue weighted by Gasteiger charge is -2.06. The fraction of sp³-hybridized carbons (Fsp3) is 0.462. The van der Waals surface area contributed by atoms with Gasteiger partial charge in [-0.3, -0.25) is 0 Å². The number of aryl methyl sites for hydroxylation is 1. The first-order valence-corrected chi connectivity index (χ1v) is 6.25. The van der Waals surface area contributed by atoms with Crippen molar-refractivity contribution in [3.05, 3.63) is 29.8 Å². The molecule has 0 aliphatic rings. The molecule has 2 aromatic heterocycles. The summed E-state index contributed by atoms with van der Waals surface area (Å²) in [4.78, 5) is 8.87. The highest BCUT2D eigenvalue weighted by Crippen LogP contribution is 2.15. The van der Waals surface area contributed by atoms with Crippen LogP contribution in [-0.4, -0.2) is 26.8 Å². The van der Waals surface area contributed by atoms with E-state index >= 15 is 0 Å². The zero-order valence-corrected chi connectivity index (χ0v) is 11.3. The second-order valence-electron chi connectivity index (χ2n) is 4.47. The molecule has 0 bridgehead atoms. The summed E-state index contributed by atoms with van der Waals surface area (Å²) >= 11 is 0. The fourth-order valence-corrected chi connectivity index (χ4v) is 1.66. The van der Waals surface area contributed by atoms with E-state index in [0.29, 0.717) is 5.92 Å². The number of anilines is 1. The fourth-order valence-electron chi connectivity index (χ4n) is 1.66. The van der Waals surface area contributed by atoms with E-state index in [4.69, 9.17) is 0 Å². The van der Waals surface area contributed by atoms with Crippen molar-refractivity contribution in [2.45, 2.75) is 33.1 Å². The van der Waals surface area contributed by atoms with Gasteiger partial charge in [-0.2, -0.15) is 5.10 Å². The summed E-state index contributed by atoms with van der Waals surface area (Å²) in [6, 6.07) is 3.92. The van der Waals surface area contributed by atoms with Gasteiger partial charge < -0.3 is 5.32 Å². The molecule has 0 aliphatic heterocycles. The molecule has 0 saturated carbocycles. The van der Waals surface area contributed by atoms with E-state index in [1.165, 1.54) is 0 Å². The minimum atomic E-state index is 0.419. The Balaban J connectivity index is 2.42. The quantitative estimate of drug-likeness (QED) is 0.898. The Kier molecular flexibility index (Phi) is 3.60. The maximum atomic E-state index is 4.53. The van der Waals surface area contributed by atoms with Crippen LogP contribution in [0.3, 0.4) is 0 Å². The summed E-state index contributed by atoms with van der Waals surface area (Å²) in [5.74, 6) is 2.86. The van der Waals surface area contributed by atoms with Gasteiger partial charge in [0.2, 0.25) is 0 Å². The largest absolute Gasteiger partial charge is 0.373 e. The molecule has 2 rings (SSSR count). The van der Waals surface area contributed by atoms with Crippen molar-refractivity contribution in [2.24, 2.45) is 0 Å². The highest BCUT2D eigenvalue weighted by Gasteiger charge is 2.08. The Hall–Kier alpha value is -1.91. The molecular formula is C13H19N5. The summed E-state index contributed by atoms with van der Waals surface area (Å²) in [5.41, 5.74) is 1.07. The molecule has 0 spiro atoms. The standard InChI is InChI=1S/C13H19N5/c1-5-11-15-12(14-4)8-13(16-11)18-7-6-10(17-18)9(2)3/h6-9H,5H2,1-4H3,(H,14,15,16). The molecular weight excluding hydrogens is 226 g/mol. The van der Waals surface area contributed by atoms with Crippen molar-refractivity contribution in [2.75, 3.05) is 12.4 Å². The SMILES string of the molecule is CCc1nc(NC)cc(-n2ccc(C(C)C)n2)n1. The van der Waals surface area contributed by atoms with Gasteiger partial charge in [0.15, 0.2) is 5.82 Å². The van der Waals surface area contributed by atoms with Gasteiger partial charge in [0.25, 0.3) is 0 Å². The van der Waals surface area contributed by atoms with E-state index in [2.05, 4.69) is 34.2 Å². The lowest BCUT2D eigenvalue weighted by atomic mass is 10.1. The molecule has 0 fully saturated rings. The van der Waals surface area contributed by atoms with Crippen LogP contribution >= 0.6 is 0 Å². The second-order valence-corrected chi connectivity index (χ2v) is 4.47. The molecule has 2 heterocycles. The molecule has 5 nitrogen and oxygen atoms in total. The van der Waals surface area contributed by atoms with Crippen molar-refractivity contribution >= 4 is 5.82 Å². The van der Waals surface area contributed by atoms with E-state index in [9.17, 15) is 0 Å². The Morgan fingerprint density at radius 1 is 1.33 bits per heavy atom. The number of nitrogens with one attached hydrogen (secondary N) is 1. The topological polar surface area (TPSA) is 55.6 Å². The van der Waals surface area contributed by atoms with Gasteiger partial charge in [-0.25, -0.2) is 14.6 Å². The van der Waals surface area contributed by atoms with Gasteiger partial charge in [-0.1, -0.05) is 20.8 Å². The number of nitrogens with zero attached hydrogens (tertiary/aromatic N) is 4. The predicted molar refractivity (Wildman–Crippen MR) is 72.2 cm³/mol. The summed E-state index contributed by atoms with van der Waals surface area (Å²) in [5, 5.41) is 7.58. The van der Waals surface area contributed by atoms with Crippen molar-refractivity contribution in [3.63, 3.8) is 0 Å². The molecule has 96 valence electrons. The van der Waals surface area contributed by atoms with Gasteiger partial charge >= 0.3 is 0 Å². The van der Waals surface area contributed by atoms with Crippen LogP contribution in [-0.2, 0) is 6.42 Å². The number of aromatic nitrogens is 4. The Labute approximate surface area is 107 Å². The van der Waals surface area contributed by atoms with Crippen LogP contribution in [0.25, 0.3) is 5.82 Å². The van der Waals surface area contributed by atoms with E-state index in [1.54, 1.807) is 4.68 Å². The average molecular weight is 245 g/mol. The van der Waals surface area contributed by atoms with Crippen molar-refractivity contribution in [3.8, 4) is 5.82 Å². The maximum absolute atomic E-state index is 4.53. The number of hydrogen-bond donors (Lipinski definition) is 1. The van der Waals surface area contributed by atoms with Gasteiger partial charge in [0, 0.05) is 25.7 Å². The van der Waals surface area contributed by atoms with Crippen LogP contribution in [0.5, 0.6) is 0 Å². The monoisotopic (exact) mass is 245 g/mol. The highest BCUT2D eigenvalue weighted by molar-refractivity contribution is 5.40. The molecule has 18 heavy (non-hydrogen) atoms. The summed E-state index contributed by atoms with van der Waals surface area (Å²) in [6.07, 6.45) is 2.75. The summed E-state index contributed by atoms with van der Waals surface area (Å²) in [6.45, 7) is 6.30. The van der Waals surface area contributed by atoms with Crippen LogP contribution in [0, 0.1) is 0 Å². The third-order valence-corrected chi connectivity index (χ3v) is 2.77. The molecule has 0 unspecified atom stereocenters. The number of rotatable bonds is 4. The zero-order valence-electron chi connectivity index (χ0n) is 11.3. The predicted octanol–water partition coefficient (Wildman–Crippen LogP) is 2.39. The lowest BCUT2D eigenvalue weighted by Crippen LogP contribution is -2.06. The molecule has 0 aromatic carbocycles. The zero-order chi connectivity index (χ0) is 13.1. The highest BCUT2D eigenvalue weighted by atomic mass is 15.3. The van der Waals surface area contributed by atoms with E-state index in [1.807, 2.05) is 32.3 Å². The summed E-state index contributed by atoms with van der Waals surface area (Å²) < 4.78 is 1.80. The second kappa shape index (κ2) is 5.16. The Bertz CT molecular complexity index is 508. The average Bonchev–Trinajstić information content (AvgIpc) is 2.87. The molecule has 0 radical (unpaired) electrons. The van der Waals surface area contributed by atoms with Gasteiger partial charge in [0.1, 0.15) is 11.6 Å².